The molecule has 1 heterocycles. The smallest absolute Gasteiger partial charge is 0.255 e. The molecule has 0 aliphatic heterocycles. The Balaban J connectivity index is 1.87. The molecule has 0 fully saturated rings. The lowest BCUT2D eigenvalue weighted by Gasteiger charge is -2.07. The van der Waals surface area contributed by atoms with Crippen molar-refractivity contribution in [3.8, 4) is 0 Å². The van der Waals surface area contributed by atoms with Gasteiger partial charge in [0.15, 0.2) is 0 Å². The fraction of sp³-hybridized carbons (Fsp3) is 0. The second-order valence-corrected chi connectivity index (χ2v) is 4.49. The van der Waals surface area contributed by atoms with Crippen molar-refractivity contribution < 1.29 is 4.79 Å². The molecule has 0 atom stereocenters. The highest BCUT2D eigenvalue weighted by molar-refractivity contribution is 6.05. The number of hydrogen-bond donors (Lipinski definition) is 2. The van der Waals surface area contributed by atoms with Gasteiger partial charge in [-0.25, -0.2) is 0 Å². The largest absolute Gasteiger partial charge is 0.399 e. The van der Waals surface area contributed by atoms with Gasteiger partial charge < -0.3 is 11.1 Å². The van der Waals surface area contributed by atoms with Crippen LogP contribution in [0.1, 0.15) is 10.4 Å². The van der Waals surface area contributed by atoms with Crippen LogP contribution in [0, 0.1) is 0 Å². The van der Waals surface area contributed by atoms with E-state index in [0.717, 1.165) is 16.6 Å². The molecule has 0 bridgehead atoms. The zero-order valence-corrected chi connectivity index (χ0v) is 10.7. The van der Waals surface area contributed by atoms with Gasteiger partial charge in [-0.3, -0.25) is 9.78 Å². The van der Waals surface area contributed by atoms with Crippen LogP contribution in [0.5, 0.6) is 0 Å². The van der Waals surface area contributed by atoms with E-state index in [2.05, 4.69) is 10.3 Å². The number of fused-ring (bicyclic) bond motifs is 1. The van der Waals surface area contributed by atoms with E-state index >= 15 is 0 Å². The number of carbonyl (C=O) groups is 1. The second kappa shape index (κ2) is 5.01. The van der Waals surface area contributed by atoms with E-state index in [0.29, 0.717) is 11.3 Å². The molecule has 4 nitrogen and oxygen atoms in total. The Labute approximate surface area is 116 Å². The Hall–Kier alpha value is -2.88. The molecule has 0 spiro atoms. The molecule has 2 aromatic carbocycles. The Bertz CT molecular complexity index is 783. The first-order valence-electron chi connectivity index (χ1n) is 6.24. The van der Waals surface area contributed by atoms with E-state index in [9.17, 15) is 4.79 Å². The second-order valence-electron chi connectivity index (χ2n) is 4.49. The minimum Gasteiger partial charge on any atom is -0.399 e. The number of aromatic nitrogens is 1. The predicted molar refractivity (Wildman–Crippen MR) is 80.6 cm³/mol. The minimum atomic E-state index is -0.180. The zero-order chi connectivity index (χ0) is 13.9. The number of pyridine rings is 1. The fourth-order valence-electron chi connectivity index (χ4n) is 2.04. The Morgan fingerprint density at radius 3 is 2.80 bits per heavy atom. The van der Waals surface area contributed by atoms with E-state index in [1.54, 1.807) is 30.5 Å². The molecule has 1 amide bonds. The molecule has 3 aromatic rings. The van der Waals surface area contributed by atoms with E-state index in [1.807, 2.05) is 30.3 Å². The Morgan fingerprint density at radius 2 is 1.95 bits per heavy atom. The van der Waals surface area contributed by atoms with Crippen LogP contribution in [-0.2, 0) is 0 Å². The van der Waals surface area contributed by atoms with Crippen molar-refractivity contribution in [2.75, 3.05) is 11.1 Å². The molecular formula is C16H13N3O. The number of nitrogen functional groups attached to an aromatic ring is 1. The van der Waals surface area contributed by atoms with Gasteiger partial charge in [0.05, 0.1) is 5.52 Å². The van der Waals surface area contributed by atoms with Crippen molar-refractivity contribution in [2.45, 2.75) is 0 Å². The average Bonchev–Trinajstić information content (AvgIpc) is 2.47. The summed E-state index contributed by atoms with van der Waals surface area (Å²) in [4.78, 5) is 16.4. The Morgan fingerprint density at radius 1 is 1.05 bits per heavy atom. The van der Waals surface area contributed by atoms with Gasteiger partial charge in [0.25, 0.3) is 5.91 Å². The summed E-state index contributed by atoms with van der Waals surface area (Å²) in [6.07, 6.45) is 1.74. The highest BCUT2D eigenvalue weighted by Gasteiger charge is 2.06. The van der Waals surface area contributed by atoms with Gasteiger partial charge in [-0.1, -0.05) is 12.1 Å². The maximum Gasteiger partial charge on any atom is 0.255 e. The van der Waals surface area contributed by atoms with Crippen molar-refractivity contribution in [1.82, 2.24) is 4.98 Å². The molecule has 0 aliphatic rings. The maximum atomic E-state index is 12.1. The van der Waals surface area contributed by atoms with Crippen LogP contribution in [-0.4, -0.2) is 10.9 Å². The normalized spacial score (nSPS) is 10.4. The quantitative estimate of drug-likeness (QED) is 0.698. The van der Waals surface area contributed by atoms with Crippen LogP contribution in [0.2, 0.25) is 0 Å². The predicted octanol–water partition coefficient (Wildman–Crippen LogP) is 3.07. The summed E-state index contributed by atoms with van der Waals surface area (Å²) < 4.78 is 0. The molecule has 3 rings (SSSR count). The van der Waals surface area contributed by atoms with Crippen LogP contribution in [0.15, 0.2) is 60.8 Å². The summed E-state index contributed by atoms with van der Waals surface area (Å²) in [5.74, 6) is -0.180. The van der Waals surface area contributed by atoms with Gasteiger partial charge in [-0.15, -0.1) is 0 Å². The summed E-state index contributed by atoms with van der Waals surface area (Å²) in [6, 6.07) is 16.3. The van der Waals surface area contributed by atoms with E-state index in [1.165, 1.54) is 0 Å². The lowest BCUT2D eigenvalue weighted by atomic mass is 10.1. The SMILES string of the molecule is Nc1cccc(C(=O)Nc2ccc3ncccc3c2)c1. The van der Waals surface area contributed by atoms with Crippen LogP contribution in [0.25, 0.3) is 10.9 Å². The van der Waals surface area contributed by atoms with Crippen molar-refractivity contribution in [3.05, 3.63) is 66.4 Å². The van der Waals surface area contributed by atoms with Gasteiger partial charge in [0.2, 0.25) is 0 Å². The summed E-state index contributed by atoms with van der Waals surface area (Å²) in [6.45, 7) is 0. The monoisotopic (exact) mass is 263 g/mol. The van der Waals surface area contributed by atoms with Gasteiger partial charge in [-0.05, 0) is 42.5 Å². The molecule has 4 heteroatoms. The fourth-order valence-corrected chi connectivity index (χ4v) is 2.04. The highest BCUT2D eigenvalue weighted by atomic mass is 16.1. The molecule has 0 radical (unpaired) electrons. The number of benzene rings is 2. The summed E-state index contributed by atoms with van der Waals surface area (Å²) in [5.41, 5.74) is 8.42. The lowest BCUT2D eigenvalue weighted by molar-refractivity contribution is 0.102. The molecular weight excluding hydrogens is 250 g/mol. The number of amides is 1. The molecule has 3 N–H and O–H groups in total. The first-order chi connectivity index (χ1) is 9.72. The average molecular weight is 263 g/mol. The first-order valence-corrected chi connectivity index (χ1v) is 6.24. The van der Waals surface area contributed by atoms with Gasteiger partial charge >= 0.3 is 0 Å². The molecule has 98 valence electrons. The zero-order valence-electron chi connectivity index (χ0n) is 10.7. The molecule has 0 aliphatic carbocycles. The minimum absolute atomic E-state index is 0.180. The van der Waals surface area contributed by atoms with Crippen molar-refractivity contribution >= 4 is 28.2 Å². The van der Waals surface area contributed by atoms with Gasteiger partial charge in [-0.2, -0.15) is 0 Å². The number of nitrogens with two attached hydrogens (primary N) is 1. The third-order valence-corrected chi connectivity index (χ3v) is 3.01. The van der Waals surface area contributed by atoms with Crippen molar-refractivity contribution in [2.24, 2.45) is 0 Å². The third-order valence-electron chi connectivity index (χ3n) is 3.01. The number of hydrogen-bond acceptors (Lipinski definition) is 3. The summed E-state index contributed by atoms with van der Waals surface area (Å²) in [7, 11) is 0. The molecule has 0 saturated carbocycles. The number of carbonyl (C=O) groups excluding carboxylic acids is 1. The third kappa shape index (κ3) is 2.44. The Kier molecular flexibility index (Phi) is 3.05. The van der Waals surface area contributed by atoms with E-state index in [-0.39, 0.29) is 5.91 Å². The molecule has 20 heavy (non-hydrogen) atoms. The van der Waals surface area contributed by atoms with Crippen molar-refractivity contribution in [3.63, 3.8) is 0 Å². The number of anilines is 2. The van der Waals surface area contributed by atoms with Crippen LogP contribution in [0.3, 0.4) is 0 Å². The standard InChI is InChI=1S/C16H13N3O/c17-13-5-1-3-12(9-13)16(20)19-14-6-7-15-11(10-14)4-2-8-18-15/h1-10H,17H2,(H,19,20). The maximum absolute atomic E-state index is 12.1. The van der Waals surface area contributed by atoms with E-state index < -0.39 is 0 Å². The summed E-state index contributed by atoms with van der Waals surface area (Å²) >= 11 is 0. The van der Waals surface area contributed by atoms with Gasteiger partial charge in [0.1, 0.15) is 0 Å². The van der Waals surface area contributed by atoms with Crippen LogP contribution in [0.4, 0.5) is 11.4 Å². The van der Waals surface area contributed by atoms with Gasteiger partial charge in [0, 0.05) is 28.5 Å². The molecule has 0 saturated heterocycles. The highest BCUT2D eigenvalue weighted by Crippen LogP contribution is 2.18. The van der Waals surface area contributed by atoms with Crippen LogP contribution >= 0.6 is 0 Å². The van der Waals surface area contributed by atoms with E-state index in [4.69, 9.17) is 5.73 Å². The summed E-state index contributed by atoms with van der Waals surface area (Å²) in [5, 5.41) is 3.84. The topological polar surface area (TPSA) is 68.0 Å². The molecule has 0 unspecified atom stereocenters. The van der Waals surface area contributed by atoms with Crippen molar-refractivity contribution in [1.29, 1.82) is 0 Å². The number of nitrogens with one attached hydrogen (secondary N) is 1. The number of rotatable bonds is 2. The lowest BCUT2D eigenvalue weighted by Crippen LogP contribution is -2.12. The number of nitrogens with zero attached hydrogens (tertiary/aromatic N) is 1. The molecule has 1 aromatic heterocycles. The first kappa shape index (κ1) is 12.2. The van der Waals surface area contributed by atoms with Crippen LogP contribution < -0.4 is 11.1 Å².